The first-order valence-corrected chi connectivity index (χ1v) is 6.24. The van der Waals surface area contributed by atoms with E-state index in [-0.39, 0.29) is 5.54 Å². The van der Waals surface area contributed by atoms with E-state index in [0.29, 0.717) is 0 Å². The first kappa shape index (κ1) is 12.7. The number of rotatable bonds is 5. The second-order valence-electron chi connectivity index (χ2n) is 5.02. The van der Waals surface area contributed by atoms with Crippen molar-refractivity contribution in [3.63, 3.8) is 0 Å². The first-order valence-electron chi connectivity index (χ1n) is 6.24. The highest BCUT2D eigenvalue weighted by atomic mass is 15.0. The van der Waals surface area contributed by atoms with Crippen LogP contribution in [0.3, 0.4) is 0 Å². The summed E-state index contributed by atoms with van der Waals surface area (Å²) in [6.45, 7) is 9.98. The van der Waals surface area contributed by atoms with E-state index in [1.54, 1.807) is 0 Å². The van der Waals surface area contributed by atoms with Crippen LogP contribution in [0, 0.1) is 5.92 Å². The van der Waals surface area contributed by atoms with E-state index >= 15 is 0 Å². The van der Waals surface area contributed by atoms with Gasteiger partial charge in [-0.25, -0.2) is 0 Å². The van der Waals surface area contributed by atoms with Crippen LogP contribution >= 0.6 is 0 Å². The van der Waals surface area contributed by atoms with Crippen LogP contribution in [0.25, 0.3) is 0 Å². The van der Waals surface area contributed by atoms with Crippen molar-refractivity contribution in [2.75, 3.05) is 13.1 Å². The Balaban J connectivity index is 2.65. The van der Waals surface area contributed by atoms with Crippen molar-refractivity contribution in [3.8, 4) is 0 Å². The standard InChI is InChI=1S/C13H26N2/c1-4-12-7-5-6-8-13(12,10-14)15-9-11(2)3/h12,15H,2,4-10,14H2,1,3H3. The van der Waals surface area contributed by atoms with E-state index in [2.05, 4.69) is 25.7 Å². The second-order valence-corrected chi connectivity index (χ2v) is 5.02. The third-order valence-corrected chi connectivity index (χ3v) is 3.81. The summed E-state index contributed by atoms with van der Waals surface area (Å²) in [5.74, 6) is 0.746. The molecule has 1 saturated carbocycles. The molecule has 0 radical (unpaired) electrons. The molecule has 3 N–H and O–H groups in total. The van der Waals surface area contributed by atoms with Crippen molar-refractivity contribution in [2.45, 2.75) is 51.5 Å². The fraction of sp³-hybridized carbons (Fsp3) is 0.846. The highest BCUT2D eigenvalue weighted by molar-refractivity contribution is 5.02. The van der Waals surface area contributed by atoms with Gasteiger partial charge in [0, 0.05) is 18.6 Å². The van der Waals surface area contributed by atoms with Gasteiger partial charge in [-0.2, -0.15) is 0 Å². The van der Waals surface area contributed by atoms with E-state index in [1.165, 1.54) is 37.7 Å². The minimum absolute atomic E-state index is 0.186. The molecule has 0 spiro atoms. The molecule has 2 heteroatoms. The van der Waals surface area contributed by atoms with Crippen LogP contribution in [0.4, 0.5) is 0 Å². The fourth-order valence-corrected chi connectivity index (χ4v) is 2.81. The number of nitrogens with two attached hydrogens (primary N) is 1. The Morgan fingerprint density at radius 2 is 2.27 bits per heavy atom. The Morgan fingerprint density at radius 3 is 2.80 bits per heavy atom. The van der Waals surface area contributed by atoms with Crippen LogP contribution < -0.4 is 11.1 Å². The van der Waals surface area contributed by atoms with Crippen molar-refractivity contribution in [1.82, 2.24) is 5.32 Å². The summed E-state index contributed by atoms with van der Waals surface area (Å²) in [6, 6.07) is 0. The third-order valence-electron chi connectivity index (χ3n) is 3.81. The molecule has 1 fully saturated rings. The van der Waals surface area contributed by atoms with Crippen LogP contribution in [0.1, 0.15) is 46.0 Å². The number of hydrogen-bond donors (Lipinski definition) is 2. The van der Waals surface area contributed by atoms with E-state index in [1.807, 2.05) is 0 Å². The Kier molecular flexibility index (Phi) is 4.81. The molecule has 0 aromatic heterocycles. The lowest BCUT2D eigenvalue weighted by molar-refractivity contribution is 0.148. The molecule has 0 aromatic carbocycles. The van der Waals surface area contributed by atoms with Gasteiger partial charge in [0.1, 0.15) is 0 Å². The van der Waals surface area contributed by atoms with E-state index in [4.69, 9.17) is 5.73 Å². The smallest absolute Gasteiger partial charge is 0.0335 e. The molecule has 2 atom stereocenters. The summed E-state index contributed by atoms with van der Waals surface area (Å²) >= 11 is 0. The lowest BCUT2D eigenvalue weighted by atomic mass is 9.71. The van der Waals surface area contributed by atoms with E-state index in [9.17, 15) is 0 Å². The molecular formula is C13H26N2. The molecule has 1 aliphatic rings. The van der Waals surface area contributed by atoms with Crippen LogP contribution in [0.15, 0.2) is 12.2 Å². The van der Waals surface area contributed by atoms with Crippen molar-refractivity contribution >= 4 is 0 Å². The highest BCUT2D eigenvalue weighted by Crippen LogP contribution is 2.35. The van der Waals surface area contributed by atoms with Crippen LogP contribution in [-0.4, -0.2) is 18.6 Å². The molecule has 15 heavy (non-hydrogen) atoms. The van der Waals surface area contributed by atoms with Gasteiger partial charge in [-0.15, -0.1) is 0 Å². The molecule has 0 bridgehead atoms. The molecule has 0 saturated heterocycles. The van der Waals surface area contributed by atoms with Gasteiger partial charge < -0.3 is 11.1 Å². The van der Waals surface area contributed by atoms with E-state index < -0.39 is 0 Å². The van der Waals surface area contributed by atoms with Gasteiger partial charge in [0.15, 0.2) is 0 Å². The average molecular weight is 210 g/mol. The summed E-state index contributed by atoms with van der Waals surface area (Å²) in [4.78, 5) is 0. The maximum Gasteiger partial charge on any atom is 0.0335 e. The van der Waals surface area contributed by atoms with E-state index in [0.717, 1.165) is 19.0 Å². The monoisotopic (exact) mass is 210 g/mol. The Hall–Kier alpha value is -0.340. The van der Waals surface area contributed by atoms with Crippen molar-refractivity contribution in [3.05, 3.63) is 12.2 Å². The van der Waals surface area contributed by atoms with Gasteiger partial charge in [-0.1, -0.05) is 38.3 Å². The quantitative estimate of drug-likeness (QED) is 0.684. The number of nitrogens with one attached hydrogen (secondary N) is 1. The molecule has 0 aromatic rings. The summed E-state index contributed by atoms with van der Waals surface area (Å²) < 4.78 is 0. The van der Waals surface area contributed by atoms with Gasteiger partial charge in [-0.05, 0) is 25.7 Å². The highest BCUT2D eigenvalue weighted by Gasteiger charge is 2.37. The summed E-state index contributed by atoms with van der Waals surface area (Å²) in [6.07, 6.45) is 6.48. The van der Waals surface area contributed by atoms with Gasteiger partial charge in [0.05, 0.1) is 0 Å². The molecule has 2 nitrogen and oxygen atoms in total. The lowest BCUT2D eigenvalue weighted by Gasteiger charge is -2.44. The van der Waals surface area contributed by atoms with Gasteiger partial charge in [0.25, 0.3) is 0 Å². The van der Waals surface area contributed by atoms with Gasteiger partial charge in [0.2, 0.25) is 0 Å². The van der Waals surface area contributed by atoms with Crippen molar-refractivity contribution < 1.29 is 0 Å². The molecule has 0 heterocycles. The largest absolute Gasteiger partial charge is 0.329 e. The Morgan fingerprint density at radius 1 is 1.53 bits per heavy atom. The maximum absolute atomic E-state index is 6.00. The summed E-state index contributed by atoms with van der Waals surface area (Å²) in [5, 5.41) is 3.66. The minimum Gasteiger partial charge on any atom is -0.329 e. The molecule has 1 aliphatic carbocycles. The van der Waals surface area contributed by atoms with Gasteiger partial charge >= 0.3 is 0 Å². The lowest BCUT2D eigenvalue weighted by Crippen LogP contribution is -2.58. The fourth-order valence-electron chi connectivity index (χ4n) is 2.81. The topological polar surface area (TPSA) is 38.0 Å². The normalized spacial score (nSPS) is 31.5. The van der Waals surface area contributed by atoms with Gasteiger partial charge in [-0.3, -0.25) is 0 Å². The SMILES string of the molecule is C=C(C)CNC1(CN)CCCCC1CC. The molecule has 0 aliphatic heterocycles. The second kappa shape index (κ2) is 5.66. The minimum atomic E-state index is 0.186. The zero-order chi connectivity index (χ0) is 11.3. The molecule has 1 rings (SSSR count). The molecule has 0 amide bonds. The van der Waals surface area contributed by atoms with Crippen molar-refractivity contribution in [2.24, 2.45) is 11.7 Å². The molecule has 2 unspecified atom stereocenters. The predicted molar refractivity (Wildman–Crippen MR) is 66.9 cm³/mol. The third kappa shape index (κ3) is 3.05. The zero-order valence-electron chi connectivity index (χ0n) is 10.3. The summed E-state index contributed by atoms with van der Waals surface area (Å²) in [5.41, 5.74) is 7.38. The van der Waals surface area contributed by atoms with Crippen LogP contribution in [-0.2, 0) is 0 Å². The zero-order valence-corrected chi connectivity index (χ0v) is 10.3. The molecule has 88 valence electrons. The van der Waals surface area contributed by atoms with Crippen molar-refractivity contribution in [1.29, 1.82) is 0 Å². The Bertz CT molecular complexity index is 213. The maximum atomic E-state index is 6.00. The number of hydrogen-bond acceptors (Lipinski definition) is 2. The predicted octanol–water partition coefficient (Wildman–Crippen LogP) is 2.45. The molecular weight excluding hydrogens is 184 g/mol. The van der Waals surface area contributed by atoms with Crippen LogP contribution in [0.5, 0.6) is 0 Å². The van der Waals surface area contributed by atoms with Crippen LogP contribution in [0.2, 0.25) is 0 Å². The summed E-state index contributed by atoms with van der Waals surface area (Å²) in [7, 11) is 0. The first-order chi connectivity index (χ1) is 7.14. The average Bonchev–Trinajstić information content (AvgIpc) is 2.26. The Labute approximate surface area is 94.3 Å².